The van der Waals surface area contributed by atoms with Crippen LogP contribution in [0.5, 0.6) is 5.75 Å². The Kier molecular flexibility index (Phi) is 6.21. The normalized spacial score (nSPS) is 14.4. The second-order valence-corrected chi connectivity index (χ2v) is 10.3. The summed E-state index contributed by atoms with van der Waals surface area (Å²) in [5, 5.41) is 0.552. The number of fused-ring (bicyclic) bond motifs is 1. The molecule has 170 valence electrons. The number of ether oxygens (including phenoxy) is 1. The van der Waals surface area contributed by atoms with Gasteiger partial charge in [-0.25, -0.2) is 13.1 Å². The van der Waals surface area contributed by atoms with Crippen LogP contribution >= 0.6 is 0 Å². The van der Waals surface area contributed by atoms with Crippen LogP contribution in [0, 0.1) is 5.92 Å². The molecule has 0 saturated heterocycles. The van der Waals surface area contributed by atoms with Crippen molar-refractivity contribution in [2.45, 2.75) is 25.7 Å². The van der Waals surface area contributed by atoms with Crippen LogP contribution in [0.1, 0.15) is 40.7 Å². The predicted molar refractivity (Wildman–Crippen MR) is 123 cm³/mol. The van der Waals surface area contributed by atoms with E-state index in [1.54, 1.807) is 42.1 Å². The van der Waals surface area contributed by atoms with Gasteiger partial charge in [0.2, 0.25) is 10.0 Å². The molecule has 0 radical (unpaired) electrons. The summed E-state index contributed by atoms with van der Waals surface area (Å²) in [6.07, 6.45) is 6.85. The first kappa shape index (κ1) is 22.3. The minimum atomic E-state index is -3.43. The minimum absolute atomic E-state index is 0.138. The third kappa shape index (κ3) is 4.49. The van der Waals surface area contributed by atoms with E-state index in [1.165, 1.54) is 19.7 Å². The molecule has 0 aliphatic heterocycles. The van der Waals surface area contributed by atoms with Crippen LogP contribution in [0.2, 0.25) is 0 Å². The van der Waals surface area contributed by atoms with Gasteiger partial charge in [-0.1, -0.05) is 12.5 Å². The molecule has 1 aromatic carbocycles. The number of hydrogen-bond donors (Lipinski definition) is 2. The fourth-order valence-corrected chi connectivity index (χ4v) is 4.68. The number of pyridine rings is 1. The monoisotopic (exact) mass is 457 g/mol. The van der Waals surface area contributed by atoms with E-state index in [4.69, 9.17) is 4.74 Å². The molecular formula is C23H27N3O5S. The van der Waals surface area contributed by atoms with Crippen LogP contribution in [0.15, 0.2) is 41.5 Å². The maximum Gasteiger partial charge on any atom is 0.272 e. The number of aryl methyl sites for hydroxylation is 2. The van der Waals surface area contributed by atoms with Crippen LogP contribution in [-0.2, 0) is 23.5 Å². The predicted octanol–water partition coefficient (Wildman–Crippen LogP) is 2.37. The molecule has 0 bridgehead atoms. The van der Waals surface area contributed by atoms with Gasteiger partial charge in [0.05, 0.1) is 12.4 Å². The van der Waals surface area contributed by atoms with Gasteiger partial charge in [-0.2, -0.15) is 0 Å². The first-order valence-electron chi connectivity index (χ1n) is 10.7. The molecule has 1 saturated carbocycles. The van der Waals surface area contributed by atoms with Crippen molar-refractivity contribution >= 4 is 26.7 Å². The molecule has 3 aromatic rings. The summed E-state index contributed by atoms with van der Waals surface area (Å²) in [6, 6.07) is 6.93. The lowest BCUT2D eigenvalue weighted by atomic mass is 9.86. The molecule has 1 aliphatic rings. The SMILES string of the molecule is CNS(=O)(=O)CCc1ccc(OCC2CCC2)cc1C(=O)c1cn(C)c2c(=O)[nH]ccc12. The van der Waals surface area contributed by atoms with Crippen molar-refractivity contribution in [3.63, 3.8) is 0 Å². The number of aromatic nitrogens is 2. The van der Waals surface area contributed by atoms with E-state index in [0.717, 1.165) is 12.8 Å². The lowest BCUT2D eigenvalue weighted by molar-refractivity contribution is 0.103. The van der Waals surface area contributed by atoms with Gasteiger partial charge in [-0.15, -0.1) is 0 Å². The van der Waals surface area contributed by atoms with E-state index in [1.807, 2.05) is 0 Å². The number of aromatic amines is 1. The molecule has 0 unspecified atom stereocenters. The Labute approximate surface area is 186 Å². The summed E-state index contributed by atoms with van der Waals surface area (Å²) >= 11 is 0. The zero-order valence-corrected chi connectivity index (χ0v) is 19.0. The second kappa shape index (κ2) is 8.91. The molecule has 8 nitrogen and oxygen atoms in total. The lowest BCUT2D eigenvalue weighted by Gasteiger charge is -2.25. The minimum Gasteiger partial charge on any atom is -0.493 e. The van der Waals surface area contributed by atoms with Crippen LogP contribution in [-0.4, -0.2) is 43.2 Å². The van der Waals surface area contributed by atoms with Gasteiger partial charge in [-0.05, 0) is 56.0 Å². The molecule has 1 aliphatic carbocycles. The van der Waals surface area contributed by atoms with Gasteiger partial charge in [0.1, 0.15) is 11.3 Å². The summed E-state index contributed by atoms with van der Waals surface area (Å²) in [4.78, 5) is 28.5. The molecular weight excluding hydrogens is 430 g/mol. The van der Waals surface area contributed by atoms with Crippen molar-refractivity contribution in [3.05, 3.63) is 63.7 Å². The number of sulfonamides is 1. The number of carbonyl (C=O) groups excluding carboxylic acids is 1. The first-order chi connectivity index (χ1) is 15.3. The van der Waals surface area contributed by atoms with E-state index in [0.29, 0.717) is 45.9 Å². The van der Waals surface area contributed by atoms with E-state index >= 15 is 0 Å². The molecule has 1 fully saturated rings. The molecule has 9 heteroatoms. The largest absolute Gasteiger partial charge is 0.493 e. The number of ketones is 1. The highest BCUT2D eigenvalue weighted by atomic mass is 32.2. The fourth-order valence-electron chi connectivity index (χ4n) is 3.99. The van der Waals surface area contributed by atoms with Crippen molar-refractivity contribution in [2.75, 3.05) is 19.4 Å². The van der Waals surface area contributed by atoms with E-state index in [9.17, 15) is 18.0 Å². The zero-order chi connectivity index (χ0) is 22.9. The van der Waals surface area contributed by atoms with Gasteiger partial charge in [0.25, 0.3) is 5.56 Å². The van der Waals surface area contributed by atoms with Crippen molar-refractivity contribution in [2.24, 2.45) is 13.0 Å². The van der Waals surface area contributed by atoms with Crippen LogP contribution in [0.3, 0.4) is 0 Å². The average molecular weight is 458 g/mol. The number of nitrogens with zero attached hydrogens (tertiary/aromatic N) is 1. The second-order valence-electron chi connectivity index (χ2n) is 8.25. The molecule has 2 N–H and O–H groups in total. The topological polar surface area (TPSA) is 110 Å². The summed E-state index contributed by atoms with van der Waals surface area (Å²) in [7, 11) is -0.348. The molecule has 2 heterocycles. The van der Waals surface area contributed by atoms with Crippen LogP contribution in [0.25, 0.3) is 10.9 Å². The maximum absolute atomic E-state index is 13.6. The Morgan fingerprint density at radius 2 is 2.03 bits per heavy atom. The number of nitrogens with one attached hydrogen (secondary N) is 2. The summed E-state index contributed by atoms with van der Waals surface area (Å²) in [5.74, 6) is 0.714. The van der Waals surface area contributed by atoms with Crippen LogP contribution in [0.4, 0.5) is 0 Å². The highest BCUT2D eigenvalue weighted by Crippen LogP contribution is 2.29. The smallest absolute Gasteiger partial charge is 0.272 e. The number of hydrogen-bond acceptors (Lipinski definition) is 5. The van der Waals surface area contributed by atoms with Gasteiger partial charge in [0.15, 0.2) is 5.78 Å². The Morgan fingerprint density at radius 1 is 1.25 bits per heavy atom. The fraction of sp³-hybridized carbons (Fsp3) is 0.391. The third-order valence-electron chi connectivity index (χ3n) is 6.13. The highest BCUT2D eigenvalue weighted by molar-refractivity contribution is 7.89. The van der Waals surface area contributed by atoms with E-state index < -0.39 is 10.0 Å². The van der Waals surface area contributed by atoms with E-state index in [-0.39, 0.29) is 23.5 Å². The van der Waals surface area contributed by atoms with Gasteiger partial charge >= 0.3 is 0 Å². The number of benzene rings is 1. The Bertz CT molecular complexity index is 1320. The van der Waals surface area contributed by atoms with Crippen molar-refractivity contribution < 1.29 is 17.9 Å². The molecule has 0 atom stereocenters. The molecule has 0 amide bonds. The number of rotatable bonds is 9. The number of carbonyl (C=O) groups is 1. The van der Waals surface area contributed by atoms with Crippen LogP contribution < -0.4 is 15.0 Å². The van der Waals surface area contributed by atoms with Crippen molar-refractivity contribution in [3.8, 4) is 5.75 Å². The van der Waals surface area contributed by atoms with Gasteiger partial charge < -0.3 is 14.3 Å². The third-order valence-corrected chi connectivity index (χ3v) is 7.50. The summed E-state index contributed by atoms with van der Waals surface area (Å²) in [5.41, 5.74) is 1.53. The quantitative estimate of drug-likeness (QED) is 0.480. The van der Waals surface area contributed by atoms with Crippen molar-refractivity contribution in [1.29, 1.82) is 0 Å². The standard InChI is InChI=1S/C23H27N3O5S/c1-24-32(29,30)11-9-16-6-7-17(31-14-15-4-3-5-15)12-19(16)22(27)20-13-26(2)21-18(20)8-10-25-23(21)28/h6-8,10,12-13,15,24H,3-5,9,11,14H2,1-2H3,(H,25,28). The Hall–Kier alpha value is -2.91. The molecule has 4 rings (SSSR count). The van der Waals surface area contributed by atoms with Gasteiger partial charge in [0, 0.05) is 36.0 Å². The molecule has 2 aromatic heterocycles. The average Bonchev–Trinajstić information content (AvgIpc) is 3.09. The highest BCUT2D eigenvalue weighted by Gasteiger charge is 2.22. The summed E-state index contributed by atoms with van der Waals surface area (Å²) < 4.78 is 33.8. The maximum atomic E-state index is 13.6. The zero-order valence-electron chi connectivity index (χ0n) is 18.2. The first-order valence-corrected chi connectivity index (χ1v) is 12.3. The lowest BCUT2D eigenvalue weighted by Crippen LogP contribution is -2.23. The van der Waals surface area contributed by atoms with E-state index in [2.05, 4.69) is 9.71 Å². The molecule has 0 spiro atoms. The van der Waals surface area contributed by atoms with Gasteiger partial charge in [-0.3, -0.25) is 9.59 Å². The number of H-pyrrole nitrogens is 1. The Morgan fingerprint density at radius 3 is 2.72 bits per heavy atom. The Balaban J connectivity index is 1.72. The van der Waals surface area contributed by atoms with Crippen molar-refractivity contribution in [1.82, 2.24) is 14.3 Å². The molecule has 32 heavy (non-hydrogen) atoms. The summed E-state index contributed by atoms with van der Waals surface area (Å²) in [6.45, 7) is 0.602.